The van der Waals surface area contributed by atoms with Crippen LogP contribution in [0, 0.1) is 11.6 Å². The number of carbonyl (C=O) groups excluding carboxylic acids is 2. The van der Waals surface area contributed by atoms with Gasteiger partial charge in [0.1, 0.15) is 22.3 Å². The van der Waals surface area contributed by atoms with Gasteiger partial charge in [-0.05, 0) is 56.2 Å². The highest BCUT2D eigenvalue weighted by Crippen LogP contribution is 2.16. The minimum atomic E-state index is -0.438. The molecule has 0 fully saturated rings. The number of rotatable bonds is 7. The Morgan fingerprint density at radius 2 is 1.52 bits per heavy atom. The molecule has 2 aromatic carbocycles. The van der Waals surface area contributed by atoms with Crippen LogP contribution in [0.1, 0.15) is 47.4 Å². The fourth-order valence-electron chi connectivity index (χ4n) is 2.94. The van der Waals surface area contributed by atoms with Crippen LogP contribution in [0.25, 0.3) is 0 Å². The van der Waals surface area contributed by atoms with Crippen molar-refractivity contribution < 1.29 is 18.4 Å². The largest absolute Gasteiger partial charge is 0.347 e. The Bertz CT molecular complexity index is 1090. The zero-order valence-corrected chi connectivity index (χ0v) is 19.5. The summed E-state index contributed by atoms with van der Waals surface area (Å²) in [4.78, 5) is 31.3. The first kappa shape index (κ1) is 24.3. The summed E-state index contributed by atoms with van der Waals surface area (Å²) in [6.45, 7) is 6.34. The Labute approximate surface area is 195 Å². The second-order valence-electron chi connectivity index (χ2n) is 8.60. The molecule has 0 bridgehead atoms. The molecule has 0 aliphatic carbocycles. The molecule has 6 nitrogen and oxygen atoms in total. The van der Waals surface area contributed by atoms with Gasteiger partial charge in [-0.3, -0.25) is 4.79 Å². The van der Waals surface area contributed by atoms with Crippen molar-refractivity contribution in [2.24, 2.45) is 0 Å². The zero-order chi connectivity index (χ0) is 24.0. The van der Waals surface area contributed by atoms with Crippen molar-refractivity contribution in [1.29, 1.82) is 0 Å². The second kappa shape index (κ2) is 10.5. The van der Waals surface area contributed by atoms with Gasteiger partial charge in [0.05, 0.1) is 6.54 Å². The topological polar surface area (TPSA) is 74.3 Å². The van der Waals surface area contributed by atoms with Crippen LogP contribution in [0.3, 0.4) is 0 Å². The molecule has 0 saturated carbocycles. The molecular formula is C24H26F2N4O2S. The molecule has 174 valence electrons. The van der Waals surface area contributed by atoms with E-state index in [-0.39, 0.29) is 48.9 Å². The molecule has 0 aliphatic heterocycles. The van der Waals surface area contributed by atoms with E-state index < -0.39 is 5.54 Å². The maximum absolute atomic E-state index is 13.3. The van der Waals surface area contributed by atoms with Gasteiger partial charge >= 0.3 is 6.03 Å². The molecule has 3 rings (SSSR count). The quantitative estimate of drug-likeness (QED) is 0.516. The molecule has 2 N–H and O–H groups in total. The van der Waals surface area contributed by atoms with E-state index in [2.05, 4.69) is 15.6 Å². The number of nitrogens with one attached hydrogen (secondary N) is 2. The Balaban J connectivity index is 1.67. The van der Waals surface area contributed by atoms with Gasteiger partial charge in [-0.15, -0.1) is 11.3 Å². The van der Waals surface area contributed by atoms with Crippen LogP contribution < -0.4 is 10.6 Å². The highest BCUT2D eigenvalue weighted by atomic mass is 32.1. The smallest absolute Gasteiger partial charge is 0.318 e. The SMILES string of the molecule is CC(C)(C)NC(=O)N(Cc1ccc(F)cc1)Cc1nc(C(=O)NCc2ccc(F)cc2)cs1. The van der Waals surface area contributed by atoms with E-state index in [0.29, 0.717) is 5.01 Å². The number of hydrogen-bond acceptors (Lipinski definition) is 4. The maximum Gasteiger partial charge on any atom is 0.318 e. The van der Waals surface area contributed by atoms with Crippen molar-refractivity contribution in [3.05, 3.63) is 87.4 Å². The van der Waals surface area contributed by atoms with Crippen LogP contribution >= 0.6 is 11.3 Å². The highest BCUT2D eigenvalue weighted by Gasteiger charge is 2.22. The van der Waals surface area contributed by atoms with Crippen LogP contribution in [-0.2, 0) is 19.6 Å². The van der Waals surface area contributed by atoms with Gasteiger partial charge in [0.2, 0.25) is 0 Å². The lowest BCUT2D eigenvalue weighted by Gasteiger charge is -2.28. The lowest BCUT2D eigenvalue weighted by atomic mass is 10.1. The molecule has 0 aliphatic rings. The van der Waals surface area contributed by atoms with Gasteiger partial charge in [-0.25, -0.2) is 18.6 Å². The summed E-state index contributed by atoms with van der Waals surface area (Å²) in [7, 11) is 0. The predicted octanol–water partition coefficient (Wildman–Crippen LogP) is 4.86. The summed E-state index contributed by atoms with van der Waals surface area (Å²) in [6.07, 6.45) is 0. The first-order valence-electron chi connectivity index (χ1n) is 10.4. The number of carbonyl (C=O) groups is 2. The number of hydrogen-bond donors (Lipinski definition) is 2. The number of halogens is 2. The van der Waals surface area contributed by atoms with Crippen LogP contribution in [0.4, 0.5) is 13.6 Å². The number of benzene rings is 2. The van der Waals surface area contributed by atoms with Crippen molar-refractivity contribution in [3.63, 3.8) is 0 Å². The first-order valence-corrected chi connectivity index (χ1v) is 11.3. The van der Waals surface area contributed by atoms with E-state index in [0.717, 1.165) is 11.1 Å². The average molecular weight is 473 g/mol. The van der Waals surface area contributed by atoms with Crippen LogP contribution in [-0.4, -0.2) is 27.4 Å². The fourth-order valence-corrected chi connectivity index (χ4v) is 3.72. The Kier molecular flexibility index (Phi) is 7.75. The number of amides is 3. The summed E-state index contributed by atoms with van der Waals surface area (Å²) < 4.78 is 26.3. The first-order chi connectivity index (χ1) is 15.6. The van der Waals surface area contributed by atoms with Crippen LogP contribution in [0.5, 0.6) is 0 Å². The fraction of sp³-hybridized carbons (Fsp3) is 0.292. The lowest BCUT2D eigenvalue weighted by molar-refractivity contribution is 0.0946. The molecule has 0 atom stereocenters. The normalized spacial score (nSPS) is 11.2. The number of thiazole rings is 1. The van der Waals surface area contributed by atoms with Crippen molar-refractivity contribution in [2.45, 2.75) is 45.9 Å². The van der Waals surface area contributed by atoms with E-state index in [1.165, 1.54) is 35.6 Å². The summed E-state index contributed by atoms with van der Waals surface area (Å²) >= 11 is 1.28. The van der Waals surface area contributed by atoms with Gasteiger partial charge in [0, 0.05) is 24.0 Å². The van der Waals surface area contributed by atoms with Crippen molar-refractivity contribution in [2.75, 3.05) is 0 Å². The zero-order valence-electron chi connectivity index (χ0n) is 18.7. The molecule has 0 radical (unpaired) electrons. The van der Waals surface area contributed by atoms with Crippen LogP contribution in [0.15, 0.2) is 53.9 Å². The molecule has 3 aromatic rings. The summed E-state index contributed by atoms with van der Waals surface area (Å²) in [6, 6.07) is 11.5. The molecule has 0 spiro atoms. The number of aromatic nitrogens is 1. The van der Waals surface area contributed by atoms with Crippen molar-refractivity contribution in [1.82, 2.24) is 20.5 Å². The monoisotopic (exact) mass is 472 g/mol. The molecule has 0 unspecified atom stereocenters. The predicted molar refractivity (Wildman–Crippen MR) is 124 cm³/mol. The molecule has 9 heteroatoms. The third kappa shape index (κ3) is 7.64. The van der Waals surface area contributed by atoms with Gasteiger partial charge < -0.3 is 15.5 Å². The van der Waals surface area contributed by atoms with Crippen LogP contribution in [0.2, 0.25) is 0 Å². The highest BCUT2D eigenvalue weighted by molar-refractivity contribution is 7.09. The Morgan fingerprint density at radius 1 is 0.939 bits per heavy atom. The molecule has 0 saturated heterocycles. The summed E-state index contributed by atoms with van der Waals surface area (Å²) in [5.41, 5.74) is 1.35. The third-order valence-corrected chi connectivity index (χ3v) is 5.37. The van der Waals surface area contributed by atoms with Gasteiger partial charge in [0.25, 0.3) is 5.91 Å². The minimum absolute atomic E-state index is 0.190. The Morgan fingerprint density at radius 3 is 2.09 bits per heavy atom. The van der Waals surface area contributed by atoms with Crippen molar-refractivity contribution in [3.8, 4) is 0 Å². The van der Waals surface area contributed by atoms with E-state index in [1.807, 2.05) is 20.8 Å². The molecule has 1 aromatic heterocycles. The standard InChI is InChI=1S/C24H26F2N4O2S/c1-24(2,3)29-23(32)30(13-17-6-10-19(26)11-7-17)14-21-28-20(15-33-21)22(31)27-12-16-4-8-18(25)9-5-16/h4-11,15H,12-14H2,1-3H3,(H,27,31)(H,29,32). The molecule has 1 heterocycles. The lowest BCUT2D eigenvalue weighted by Crippen LogP contribution is -2.47. The molecule has 33 heavy (non-hydrogen) atoms. The van der Waals surface area contributed by atoms with E-state index >= 15 is 0 Å². The average Bonchev–Trinajstić information content (AvgIpc) is 3.22. The minimum Gasteiger partial charge on any atom is -0.347 e. The van der Waals surface area contributed by atoms with E-state index in [4.69, 9.17) is 0 Å². The van der Waals surface area contributed by atoms with Gasteiger partial charge in [-0.1, -0.05) is 24.3 Å². The summed E-state index contributed by atoms with van der Waals surface area (Å²) in [5, 5.41) is 7.90. The molecular weight excluding hydrogens is 446 g/mol. The summed E-state index contributed by atoms with van der Waals surface area (Å²) in [5.74, 6) is -1.04. The number of nitrogens with zero attached hydrogens (tertiary/aromatic N) is 2. The second-order valence-corrected chi connectivity index (χ2v) is 9.54. The van der Waals surface area contributed by atoms with Crippen molar-refractivity contribution >= 4 is 23.3 Å². The molecule has 3 amide bonds. The maximum atomic E-state index is 13.3. The Hall–Kier alpha value is -3.33. The van der Waals surface area contributed by atoms with E-state index in [9.17, 15) is 18.4 Å². The van der Waals surface area contributed by atoms with E-state index in [1.54, 1.807) is 34.5 Å². The van der Waals surface area contributed by atoms with Gasteiger partial charge in [-0.2, -0.15) is 0 Å². The van der Waals surface area contributed by atoms with Gasteiger partial charge in [0.15, 0.2) is 0 Å². The number of urea groups is 1. The third-order valence-electron chi connectivity index (χ3n) is 4.53.